The summed E-state index contributed by atoms with van der Waals surface area (Å²) in [5.41, 5.74) is 0.484. The van der Waals surface area contributed by atoms with E-state index in [1.54, 1.807) is 30.3 Å². The average Bonchev–Trinajstić information content (AvgIpc) is 2.88. The Morgan fingerprint density at radius 1 is 0.895 bits per heavy atom. The lowest BCUT2D eigenvalue weighted by Crippen LogP contribution is -2.24. The number of ether oxygens (including phenoxy) is 5. The molecule has 0 bridgehead atoms. The second-order valence-corrected chi connectivity index (χ2v) is 8.04. The summed E-state index contributed by atoms with van der Waals surface area (Å²) in [6.45, 7) is -0.581. The first kappa shape index (κ1) is 28.9. The zero-order valence-corrected chi connectivity index (χ0v) is 20.8. The van der Waals surface area contributed by atoms with Crippen LogP contribution in [0.1, 0.15) is 28.5 Å². The monoisotopic (exact) mass is 537 g/mol. The summed E-state index contributed by atoms with van der Waals surface area (Å²) in [5, 5.41) is 10.7. The smallest absolute Gasteiger partial charge is 0.419 e. The normalized spacial score (nSPS) is 11.6. The number of hydrogen-bond acceptors (Lipinski definition) is 7. The highest BCUT2D eigenvalue weighted by Gasteiger charge is 2.38. The number of rotatable bonds is 12. The summed E-state index contributed by atoms with van der Waals surface area (Å²) >= 11 is 0. The van der Waals surface area contributed by atoms with Crippen molar-refractivity contribution < 1.29 is 51.1 Å². The summed E-state index contributed by atoms with van der Waals surface area (Å²) in [4.78, 5) is 10.7. The molecule has 0 atom stereocenters. The molecule has 0 aliphatic rings. The minimum atomic E-state index is -4.71. The van der Waals surface area contributed by atoms with E-state index in [1.165, 1.54) is 39.5 Å². The van der Waals surface area contributed by atoms with E-state index in [0.717, 1.165) is 6.07 Å². The van der Waals surface area contributed by atoms with Gasteiger partial charge in [-0.15, -0.1) is 0 Å². The largest absolute Gasteiger partial charge is 0.550 e. The van der Waals surface area contributed by atoms with Crippen LogP contribution in [0.5, 0.6) is 11.5 Å². The van der Waals surface area contributed by atoms with Crippen LogP contribution in [-0.4, -0.2) is 34.1 Å². The molecule has 3 rings (SSSR count). The first-order valence-electron chi connectivity index (χ1n) is 11.2. The lowest BCUT2D eigenvalue weighted by atomic mass is 10.0. The van der Waals surface area contributed by atoms with E-state index in [-0.39, 0.29) is 17.7 Å². The van der Waals surface area contributed by atoms with Crippen LogP contribution in [0.3, 0.4) is 0 Å². The van der Waals surface area contributed by atoms with E-state index in [1.807, 2.05) is 0 Å². The van der Waals surface area contributed by atoms with Gasteiger partial charge in [0.15, 0.2) is 13.1 Å². The lowest BCUT2D eigenvalue weighted by molar-refractivity contribution is -0.304. The molecule has 0 aliphatic carbocycles. The Hall–Kier alpha value is -3.67. The third-order valence-corrected chi connectivity index (χ3v) is 5.55. The number of carboxylic acids is 1. The molecule has 0 amide bonds. The SMILES string of the molecule is COCOc1c(C(F)(F)F)ccc(COc2ccc(-c3ccc(CC(=O)[O-])c(F)c3)cc2)c1C(OC)OC. The van der Waals surface area contributed by atoms with Gasteiger partial charge in [-0.25, -0.2) is 4.39 Å². The Morgan fingerprint density at radius 2 is 1.53 bits per heavy atom. The summed E-state index contributed by atoms with van der Waals surface area (Å²) in [5.74, 6) is -2.15. The Balaban J connectivity index is 1.87. The van der Waals surface area contributed by atoms with Gasteiger partial charge in [0, 0.05) is 39.3 Å². The van der Waals surface area contributed by atoms with Crippen LogP contribution in [-0.2, 0) is 38.2 Å². The van der Waals surface area contributed by atoms with Crippen LogP contribution in [0.4, 0.5) is 17.6 Å². The van der Waals surface area contributed by atoms with Gasteiger partial charge in [-0.05, 0) is 41.0 Å². The zero-order chi connectivity index (χ0) is 27.9. The van der Waals surface area contributed by atoms with Gasteiger partial charge < -0.3 is 33.6 Å². The van der Waals surface area contributed by atoms with Crippen LogP contribution in [0, 0.1) is 5.82 Å². The number of hydrogen-bond donors (Lipinski definition) is 0. The first-order valence-corrected chi connectivity index (χ1v) is 11.2. The van der Waals surface area contributed by atoms with Crippen LogP contribution in [0.25, 0.3) is 11.1 Å². The fraction of sp³-hybridized carbons (Fsp3) is 0.296. The van der Waals surface area contributed by atoms with E-state index in [2.05, 4.69) is 0 Å². The molecular weight excluding hydrogens is 512 g/mol. The molecule has 0 unspecified atom stereocenters. The van der Waals surface area contributed by atoms with Crippen LogP contribution >= 0.6 is 0 Å². The molecule has 0 N–H and O–H groups in total. The minimum Gasteiger partial charge on any atom is -0.550 e. The van der Waals surface area contributed by atoms with E-state index < -0.39 is 48.8 Å². The highest BCUT2D eigenvalue weighted by Crippen LogP contribution is 2.43. The Bertz CT molecular complexity index is 1240. The second kappa shape index (κ2) is 12.7. The number of alkyl halides is 3. The summed E-state index contributed by atoms with van der Waals surface area (Å²) in [6.07, 6.45) is -6.42. The summed E-state index contributed by atoms with van der Waals surface area (Å²) in [6, 6.07) is 12.9. The third-order valence-electron chi connectivity index (χ3n) is 5.55. The lowest BCUT2D eigenvalue weighted by Gasteiger charge is -2.24. The Morgan fingerprint density at radius 3 is 2.08 bits per heavy atom. The fourth-order valence-corrected chi connectivity index (χ4v) is 3.78. The number of carbonyl (C=O) groups excluding carboxylic acids is 1. The maximum atomic E-state index is 14.2. The average molecular weight is 537 g/mol. The number of methoxy groups -OCH3 is 3. The first-order chi connectivity index (χ1) is 18.1. The molecule has 0 saturated heterocycles. The summed E-state index contributed by atoms with van der Waals surface area (Å²) < 4.78 is 81.7. The van der Waals surface area contributed by atoms with Crippen molar-refractivity contribution in [2.24, 2.45) is 0 Å². The predicted molar refractivity (Wildman–Crippen MR) is 126 cm³/mol. The molecule has 0 aromatic heterocycles. The van der Waals surface area contributed by atoms with E-state index in [0.29, 0.717) is 22.4 Å². The van der Waals surface area contributed by atoms with Gasteiger partial charge in [0.1, 0.15) is 23.9 Å². The fourth-order valence-electron chi connectivity index (χ4n) is 3.78. The molecule has 0 fully saturated rings. The molecule has 0 heterocycles. The van der Waals surface area contributed by atoms with Crippen LogP contribution < -0.4 is 14.6 Å². The third kappa shape index (κ3) is 7.00. The van der Waals surface area contributed by atoms with Crippen molar-refractivity contribution in [2.45, 2.75) is 25.5 Å². The highest BCUT2D eigenvalue weighted by molar-refractivity contribution is 5.70. The number of carbonyl (C=O) groups is 1. The number of benzene rings is 3. The minimum absolute atomic E-state index is 0.00520. The number of halogens is 4. The van der Waals surface area contributed by atoms with Crippen molar-refractivity contribution in [3.8, 4) is 22.6 Å². The van der Waals surface area contributed by atoms with Gasteiger partial charge in [-0.1, -0.05) is 30.3 Å². The molecule has 204 valence electrons. The van der Waals surface area contributed by atoms with Gasteiger partial charge >= 0.3 is 6.18 Å². The van der Waals surface area contributed by atoms with Gasteiger partial charge in [-0.2, -0.15) is 13.2 Å². The number of carboxylic acid groups (broad SMARTS) is 1. The van der Waals surface area contributed by atoms with E-state index >= 15 is 0 Å². The molecule has 0 spiro atoms. The molecule has 3 aromatic rings. The quantitative estimate of drug-likeness (QED) is 0.246. The van der Waals surface area contributed by atoms with Gasteiger partial charge in [0.2, 0.25) is 0 Å². The summed E-state index contributed by atoms with van der Waals surface area (Å²) in [7, 11) is 3.85. The van der Waals surface area contributed by atoms with Crippen LogP contribution in [0.2, 0.25) is 0 Å². The van der Waals surface area contributed by atoms with Crippen molar-refractivity contribution in [3.63, 3.8) is 0 Å². The molecule has 0 radical (unpaired) electrons. The van der Waals surface area contributed by atoms with Gasteiger partial charge in [0.25, 0.3) is 0 Å². The second-order valence-electron chi connectivity index (χ2n) is 8.04. The Kier molecular flexibility index (Phi) is 9.67. The molecule has 0 saturated carbocycles. The topological polar surface area (TPSA) is 86.3 Å². The Labute approximate surface area is 216 Å². The van der Waals surface area contributed by atoms with Crippen LogP contribution in [0.15, 0.2) is 54.6 Å². The van der Waals surface area contributed by atoms with E-state index in [4.69, 9.17) is 23.7 Å². The van der Waals surface area contributed by atoms with Gasteiger partial charge in [-0.3, -0.25) is 0 Å². The van der Waals surface area contributed by atoms with Crippen molar-refractivity contribution in [2.75, 3.05) is 28.1 Å². The molecule has 0 aliphatic heterocycles. The maximum Gasteiger partial charge on any atom is 0.419 e. The zero-order valence-electron chi connectivity index (χ0n) is 20.8. The maximum absolute atomic E-state index is 14.2. The van der Waals surface area contributed by atoms with Crippen molar-refractivity contribution in [3.05, 3.63) is 82.7 Å². The molecule has 11 heteroatoms. The van der Waals surface area contributed by atoms with Gasteiger partial charge in [0.05, 0.1) is 11.1 Å². The van der Waals surface area contributed by atoms with Crippen molar-refractivity contribution in [1.29, 1.82) is 0 Å². The molecule has 3 aromatic carbocycles. The number of aliphatic carboxylic acids is 1. The molecule has 38 heavy (non-hydrogen) atoms. The van der Waals surface area contributed by atoms with E-state index in [9.17, 15) is 27.5 Å². The predicted octanol–water partition coefficient (Wildman–Crippen LogP) is 4.66. The van der Waals surface area contributed by atoms with Crippen molar-refractivity contribution >= 4 is 5.97 Å². The standard InChI is InChI=1S/C27H26F4O7/c1-34-15-38-25-21(27(29,30)31)11-8-19(24(25)26(35-2)36-3)14-37-20-9-6-16(7-10-20)17-4-5-18(13-23(32)33)22(28)12-17/h4-12,26H,13-15H2,1-3H3,(H,32,33)/p-1. The molecular formula is C27H25F4O7-. The highest BCUT2D eigenvalue weighted by atomic mass is 19.4. The van der Waals surface area contributed by atoms with Crippen molar-refractivity contribution in [1.82, 2.24) is 0 Å². The molecule has 7 nitrogen and oxygen atoms in total.